The van der Waals surface area contributed by atoms with Crippen LogP contribution in [0.3, 0.4) is 0 Å². The molecule has 0 saturated carbocycles. The fourth-order valence-corrected chi connectivity index (χ4v) is 2.30. The summed E-state index contributed by atoms with van der Waals surface area (Å²) >= 11 is 7.42. The Labute approximate surface area is 111 Å². The largest absolute Gasteiger partial charge is 0.399 e. The number of nitrogens with two attached hydrogens (primary N) is 1. The summed E-state index contributed by atoms with van der Waals surface area (Å²) in [7, 11) is 0. The van der Waals surface area contributed by atoms with Crippen LogP contribution in [0.25, 0.3) is 0 Å². The van der Waals surface area contributed by atoms with Crippen molar-refractivity contribution in [1.82, 2.24) is 5.32 Å². The number of hydrogen-bond acceptors (Lipinski definition) is 3. The Kier molecular flexibility index (Phi) is 4.71. The van der Waals surface area contributed by atoms with E-state index < -0.39 is 0 Å². The molecule has 0 fully saturated rings. The maximum atomic E-state index is 11.6. The average molecular weight is 273 g/mol. The quantitative estimate of drug-likeness (QED) is 0.657. The molecule has 1 aromatic carbocycles. The van der Waals surface area contributed by atoms with Crippen molar-refractivity contribution in [2.75, 3.05) is 11.5 Å². The molecular weight excluding hydrogens is 256 g/mol. The first-order chi connectivity index (χ1) is 7.78. The van der Waals surface area contributed by atoms with Crippen LogP contribution in [0.15, 0.2) is 23.1 Å². The van der Waals surface area contributed by atoms with Gasteiger partial charge in [-0.05, 0) is 39.0 Å². The number of nitrogens with one attached hydrogen (secondary N) is 1. The first-order valence-corrected chi connectivity index (χ1v) is 6.63. The average Bonchev–Trinajstić information content (AvgIpc) is 2.13. The smallest absolute Gasteiger partial charge is 0.230 e. The zero-order valence-corrected chi connectivity index (χ0v) is 11.8. The molecule has 5 heteroatoms. The zero-order chi connectivity index (χ0) is 13.1. The van der Waals surface area contributed by atoms with Gasteiger partial charge in [0, 0.05) is 16.1 Å². The molecule has 0 radical (unpaired) electrons. The summed E-state index contributed by atoms with van der Waals surface area (Å²) < 4.78 is 0. The SMILES string of the molecule is CC(C)(C)NC(=O)CSc1ccc(N)cc1Cl. The summed E-state index contributed by atoms with van der Waals surface area (Å²) in [6.45, 7) is 5.85. The predicted molar refractivity (Wildman–Crippen MR) is 74.5 cm³/mol. The fraction of sp³-hybridized carbons (Fsp3) is 0.417. The van der Waals surface area contributed by atoms with Crippen LogP contribution in [0.1, 0.15) is 20.8 Å². The Balaban J connectivity index is 2.53. The molecular formula is C12H17ClN2OS. The van der Waals surface area contributed by atoms with Crippen molar-refractivity contribution in [3.05, 3.63) is 23.2 Å². The number of carbonyl (C=O) groups is 1. The Bertz CT molecular complexity index is 415. The van der Waals surface area contributed by atoms with Crippen molar-refractivity contribution in [1.29, 1.82) is 0 Å². The lowest BCUT2D eigenvalue weighted by atomic mass is 10.1. The second-order valence-electron chi connectivity index (χ2n) is 4.78. The van der Waals surface area contributed by atoms with Crippen LogP contribution >= 0.6 is 23.4 Å². The van der Waals surface area contributed by atoms with E-state index in [2.05, 4.69) is 5.32 Å². The van der Waals surface area contributed by atoms with Crippen LogP contribution in [0.4, 0.5) is 5.69 Å². The van der Waals surface area contributed by atoms with E-state index in [4.69, 9.17) is 17.3 Å². The lowest BCUT2D eigenvalue weighted by Gasteiger charge is -2.20. The van der Waals surface area contributed by atoms with E-state index in [-0.39, 0.29) is 11.4 Å². The molecule has 0 aliphatic heterocycles. The third-order valence-electron chi connectivity index (χ3n) is 1.83. The van der Waals surface area contributed by atoms with Gasteiger partial charge in [-0.1, -0.05) is 11.6 Å². The topological polar surface area (TPSA) is 55.1 Å². The molecule has 0 aliphatic carbocycles. The van der Waals surface area contributed by atoms with Gasteiger partial charge in [-0.3, -0.25) is 4.79 Å². The number of amides is 1. The van der Waals surface area contributed by atoms with E-state index in [1.54, 1.807) is 12.1 Å². The predicted octanol–water partition coefficient (Wildman–Crippen LogP) is 2.93. The maximum Gasteiger partial charge on any atom is 0.230 e. The van der Waals surface area contributed by atoms with E-state index in [9.17, 15) is 4.79 Å². The van der Waals surface area contributed by atoms with Gasteiger partial charge in [-0.25, -0.2) is 0 Å². The number of thioether (sulfide) groups is 1. The number of halogens is 1. The van der Waals surface area contributed by atoms with Crippen molar-refractivity contribution >= 4 is 35.0 Å². The zero-order valence-electron chi connectivity index (χ0n) is 10.2. The molecule has 94 valence electrons. The minimum atomic E-state index is -0.206. The molecule has 0 bridgehead atoms. The second kappa shape index (κ2) is 5.65. The molecule has 0 aliphatic rings. The summed E-state index contributed by atoms with van der Waals surface area (Å²) in [4.78, 5) is 12.5. The van der Waals surface area contributed by atoms with E-state index in [0.29, 0.717) is 16.5 Å². The first-order valence-electron chi connectivity index (χ1n) is 5.27. The van der Waals surface area contributed by atoms with E-state index >= 15 is 0 Å². The van der Waals surface area contributed by atoms with Crippen LogP contribution in [0, 0.1) is 0 Å². The Morgan fingerprint density at radius 2 is 2.12 bits per heavy atom. The summed E-state index contributed by atoms with van der Waals surface area (Å²) in [6.07, 6.45) is 0. The summed E-state index contributed by atoms with van der Waals surface area (Å²) in [5.74, 6) is 0.344. The minimum Gasteiger partial charge on any atom is -0.399 e. The van der Waals surface area contributed by atoms with Crippen molar-refractivity contribution in [2.24, 2.45) is 0 Å². The first kappa shape index (κ1) is 14.2. The van der Waals surface area contributed by atoms with Gasteiger partial charge in [-0.2, -0.15) is 0 Å². The molecule has 1 amide bonds. The molecule has 0 atom stereocenters. The third-order valence-corrected chi connectivity index (χ3v) is 3.33. The number of rotatable bonds is 3. The fourth-order valence-electron chi connectivity index (χ4n) is 1.23. The highest BCUT2D eigenvalue weighted by atomic mass is 35.5. The lowest BCUT2D eigenvalue weighted by molar-refractivity contribution is -0.119. The van der Waals surface area contributed by atoms with Gasteiger partial charge in [0.25, 0.3) is 0 Å². The van der Waals surface area contributed by atoms with Crippen LogP contribution in [0.5, 0.6) is 0 Å². The summed E-state index contributed by atoms with van der Waals surface area (Å²) in [6, 6.07) is 5.29. The van der Waals surface area contributed by atoms with E-state index in [1.165, 1.54) is 11.8 Å². The summed E-state index contributed by atoms with van der Waals surface area (Å²) in [5, 5.41) is 3.47. The molecule has 0 unspecified atom stereocenters. The normalized spacial score (nSPS) is 11.3. The number of anilines is 1. The number of benzene rings is 1. The van der Waals surface area contributed by atoms with Crippen molar-refractivity contribution in [2.45, 2.75) is 31.2 Å². The summed E-state index contributed by atoms with van der Waals surface area (Å²) in [5.41, 5.74) is 6.01. The van der Waals surface area contributed by atoms with Gasteiger partial charge in [0.1, 0.15) is 0 Å². The number of carbonyl (C=O) groups excluding carboxylic acids is 1. The van der Waals surface area contributed by atoms with Gasteiger partial charge in [-0.15, -0.1) is 11.8 Å². The molecule has 17 heavy (non-hydrogen) atoms. The van der Waals surface area contributed by atoms with Gasteiger partial charge >= 0.3 is 0 Å². The molecule has 1 rings (SSSR count). The van der Waals surface area contributed by atoms with Crippen LogP contribution in [-0.2, 0) is 4.79 Å². The van der Waals surface area contributed by atoms with Gasteiger partial charge in [0.05, 0.1) is 10.8 Å². The van der Waals surface area contributed by atoms with Crippen molar-refractivity contribution in [3.8, 4) is 0 Å². The molecule has 3 nitrogen and oxygen atoms in total. The third kappa shape index (κ3) is 5.33. The highest BCUT2D eigenvalue weighted by molar-refractivity contribution is 8.00. The molecule has 0 heterocycles. The Hall–Kier alpha value is -0.870. The van der Waals surface area contributed by atoms with E-state index in [1.807, 2.05) is 26.8 Å². The van der Waals surface area contributed by atoms with Crippen LogP contribution in [-0.4, -0.2) is 17.2 Å². The van der Waals surface area contributed by atoms with Crippen molar-refractivity contribution in [3.63, 3.8) is 0 Å². The monoisotopic (exact) mass is 272 g/mol. The van der Waals surface area contributed by atoms with Gasteiger partial charge < -0.3 is 11.1 Å². The molecule has 3 N–H and O–H groups in total. The second-order valence-corrected chi connectivity index (χ2v) is 6.20. The maximum absolute atomic E-state index is 11.6. The highest BCUT2D eigenvalue weighted by Gasteiger charge is 2.14. The highest BCUT2D eigenvalue weighted by Crippen LogP contribution is 2.28. The lowest BCUT2D eigenvalue weighted by Crippen LogP contribution is -2.41. The minimum absolute atomic E-state index is 0.00427. The number of nitrogen functional groups attached to an aromatic ring is 1. The van der Waals surface area contributed by atoms with Crippen LogP contribution < -0.4 is 11.1 Å². The number of hydrogen-bond donors (Lipinski definition) is 2. The molecule has 0 aromatic heterocycles. The molecule has 1 aromatic rings. The molecule has 0 saturated heterocycles. The van der Waals surface area contributed by atoms with Gasteiger partial charge in [0.2, 0.25) is 5.91 Å². The van der Waals surface area contributed by atoms with E-state index in [0.717, 1.165) is 4.90 Å². The molecule has 0 spiro atoms. The Morgan fingerprint density at radius 1 is 1.47 bits per heavy atom. The van der Waals surface area contributed by atoms with Gasteiger partial charge in [0.15, 0.2) is 0 Å². The van der Waals surface area contributed by atoms with Crippen LogP contribution in [0.2, 0.25) is 5.02 Å². The standard InChI is InChI=1S/C12H17ClN2OS/c1-12(2,3)15-11(16)7-17-10-5-4-8(14)6-9(10)13/h4-6H,7,14H2,1-3H3,(H,15,16). The Morgan fingerprint density at radius 3 is 2.65 bits per heavy atom. The van der Waals surface area contributed by atoms with Crippen molar-refractivity contribution < 1.29 is 4.79 Å².